The van der Waals surface area contributed by atoms with E-state index in [0.29, 0.717) is 32.1 Å². The Hall–Kier alpha value is -5.66. The Morgan fingerprint density at radius 2 is 0.797 bits per heavy atom. The number of carboxylic acids is 1. The number of hydrogen-bond donors (Lipinski definition) is 3. The van der Waals surface area contributed by atoms with Gasteiger partial charge in [0.2, 0.25) is 0 Å². The van der Waals surface area contributed by atoms with Crippen LogP contribution in [0.3, 0.4) is 0 Å². The summed E-state index contributed by atoms with van der Waals surface area (Å²) >= 11 is 0. The topological polar surface area (TPSA) is 175 Å². The van der Waals surface area contributed by atoms with Crippen LogP contribution in [0.4, 0.5) is 0 Å². The van der Waals surface area contributed by atoms with Crippen LogP contribution < -0.4 is 0 Å². The number of ether oxygens (including phenoxy) is 5. The minimum Gasteiger partial charge on any atom is -0.479 e. The van der Waals surface area contributed by atoms with E-state index in [1.807, 2.05) is 30.4 Å². The van der Waals surface area contributed by atoms with Crippen molar-refractivity contribution < 1.29 is 58.2 Å². The largest absolute Gasteiger partial charge is 0.479 e. The van der Waals surface area contributed by atoms with Crippen LogP contribution in [0.15, 0.2) is 158 Å². The second-order valence-corrected chi connectivity index (χ2v) is 19.1. The van der Waals surface area contributed by atoms with Crippen LogP contribution in [0.25, 0.3) is 0 Å². The predicted octanol–water partition coefficient (Wildman–Crippen LogP) is 15.3. The number of aliphatic hydroxyl groups excluding tert-OH is 2. The summed E-state index contributed by atoms with van der Waals surface area (Å²) in [5, 5.41) is 31.4. The Bertz CT molecular complexity index is 1980. The van der Waals surface area contributed by atoms with Crippen LogP contribution in [-0.2, 0) is 42.9 Å². The third kappa shape index (κ3) is 42.9. The van der Waals surface area contributed by atoms with Crippen molar-refractivity contribution >= 4 is 23.9 Å². The van der Waals surface area contributed by atoms with Gasteiger partial charge in [-0.3, -0.25) is 14.4 Å². The smallest absolute Gasteiger partial charge is 0.335 e. The summed E-state index contributed by atoms with van der Waals surface area (Å²) in [7, 11) is 0. The minimum atomic E-state index is -1.95. The first-order valence-corrected chi connectivity index (χ1v) is 29.5. The monoisotopic (exact) mass is 1100 g/mol. The van der Waals surface area contributed by atoms with E-state index in [1.54, 1.807) is 0 Å². The molecule has 0 aromatic rings. The normalized spacial score (nSPS) is 19.0. The average Bonchev–Trinajstić information content (AvgIpc) is 3.46. The first kappa shape index (κ1) is 71.4. The Labute approximate surface area is 475 Å². The minimum absolute atomic E-state index is 0.0631. The summed E-state index contributed by atoms with van der Waals surface area (Å²) in [6.45, 7) is 5.53. The lowest BCUT2D eigenvalue weighted by atomic mass is 9.98. The number of esters is 3. The first-order valence-electron chi connectivity index (χ1n) is 29.5. The highest BCUT2D eigenvalue weighted by atomic mass is 16.7. The molecule has 1 fully saturated rings. The average molecular weight is 1100 g/mol. The van der Waals surface area contributed by atoms with Gasteiger partial charge in [0, 0.05) is 19.3 Å². The van der Waals surface area contributed by atoms with Crippen LogP contribution in [0.2, 0.25) is 0 Å². The Morgan fingerprint density at radius 1 is 0.418 bits per heavy atom. The van der Waals surface area contributed by atoms with Crippen molar-refractivity contribution in [2.75, 3.05) is 13.2 Å². The number of unbranched alkanes of at least 4 members (excludes halogenated alkanes) is 7. The van der Waals surface area contributed by atoms with Gasteiger partial charge in [0.1, 0.15) is 18.8 Å². The van der Waals surface area contributed by atoms with Crippen molar-refractivity contribution in [2.45, 2.75) is 225 Å². The first-order chi connectivity index (χ1) is 38.6. The van der Waals surface area contributed by atoms with E-state index in [9.17, 15) is 34.5 Å². The Morgan fingerprint density at radius 3 is 1.24 bits per heavy atom. The molecule has 1 aliphatic rings. The number of aliphatic carboxylic acids is 1. The van der Waals surface area contributed by atoms with Gasteiger partial charge in [0.25, 0.3) is 0 Å². The second-order valence-electron chi connectivity index (χ2n) is 19.1. The molecule has 0 radical (unpaired) electrons. The van der Waals surface area contributed by atoms with E-state index >= 15 is 0 Å². The van der Waals surface area contributed by atoms with Crippen LogP contribution in [-0.4, -0.2) is 89.2 Å². The summed E-state index contributed by atoms with van der Waals surface area (Å²) in [4.78, 5) is 51.1. The van der Waals surface area contributed by atoms with Gasteiger partial charge in [-0.15, -0.1) is 0 Å². The molecule has 0 spiro atoms. The number of aliphatic hydroxyl groups is 2. The molecule has 79 heavy (non-hydrogen) atoms. The quantitative estimate of drug-likeness (QED) is 0.0228. The van der Waals surface area contributed by atoms with Crippen LogP contribution >= 0.6 is 0 Å². The molecule has 12 heteroatoms. The van der Waals surface area contributed by atoms with E-state index in [4.69, 9.17) is 23.7 Å². The molecule has 0 amide bonds. The lowest BCUT2D eigenvalue weighted by molar-refractivity contribution is -0.301. The third-order valence-electron chi connectivity index (χ3n) is 12.1. The number of carbonyl (C=O) groups is 4. The fourth-order valence-electron chi connectivity index (χ4n) is 7.70. The van der Waals surface area contributed by atoms with Gasteiger partial charge in [-0.2, -0.15) is 0 Å². The van der Waals surface area contributed by atoms with Gasteiger partial charge in [-0.25, -0.2) is 4.79 Å². The van der Waals surface area contributed by atoms with Crippen LogP contribution in [0, 0.1) is 0 Å². The molecular formula is C67H100O12. The zero-order valence-electron chi connectivity index (χ0n) is 48.3. The van der Waals surface area contributed by atoms with Gasteiger partial charge in [-0.05, 0) is 122 Å². The maximum Gasteiger partial charge on any atom is 0.335 e. The van der Waals surface area contributed by atoms with Crippen molar-refractivity contribution in [3.8, 4) is 0 Å². The molecule has 1 aliphatic heterocycles. The molecule has 6 unspecified atom stereocenters. The maximum atomic E-state index is 13.1. The van der Waals surface area contributed by atoms with Crippen molar-refractivity contribution in [1.29, 1.82) is 0 Å². The van der Waals surface area contributed by atoms with Gasteiger partial charge in [-0.1, -0.05) is 204 Å². The number of hydrogen-bond acceptors (Lipinski definition) is 11. The van der Waals surface area contributed by atoms with E-state index in [0.717, 1.165) is 116 Å². The number of carboxylic acid groups (broad SMARTS) is 1. The number of allylic oxidation sites excluding steroid dienone is 26. The van der Waals surface area contributed by atoms with E-state index in [2.05, 4.69) is 148 Å². The molecule has 440 valence electrons. The molecule has 0 aromatic carbocycles. The molecule has 0 aromatic heterocycles. The molecule has 1 heterocycles. The molecule has 1 rings (SSSR count). The molecule has 3 N–H and O–H groups in total. The van der Waals surface area contributed by atoms with E-state index < -0.39 is 67.3 Å². The SMILES string of the molecule is CC/C=C\C/C=C\C/C=C\C/C=C\C/C=C\CCCC(=O)OC(COC(=O)CCCCCCCC/C=C\C/C=C\C/C=C\C/C=C\CC)COC1OC(C(=O)O)C(O)C(O)C1OC(=O)CC/C=C\C/C=C\C/C=C\C/C=C\CC. The van der Waals surface area contributed by atoms with E-state index in [-0.39, 0.29) is 25.9 Å². The molecule has 0 bridgehead atoms. The van der Waals surface area contributed by atoms with Gasteiger partial charge >= 0.3 is 23.9 Å². The van der Waals surface area contributed by atoms with Crippen LogP contribution in [0.1, 0.15) is 188 Å². The summed E-state index contributed by atoms with van der Waals surface area (Å²) in [6.07, 6.45) is 65.2. The lowest BCUT2D eigenvalue weighted by Crippen LogP contribution is -2.61. The summed E-state index contributed by atoms with van der Waals surface area (Å²) in [5.41, 5.74) is 0. The highest BCUT2D eigenvalue weighted by molar-refractivity contribution is 5.74. The molecule has 6 atom stereocenters. The molecule has 1 saturated heterocycles. The van der Waals surface area contributed by atoms with Gasteiger partial charge < -0.3 is 39.0 Å². The lowest BCUT2D eigenvalue weighted by Gasteiger charge is -2.40. The standard InChI is InChI=1S/C67H100O12/c1-4-7-10-13-16-19-22-25-27-29-30-32-33-36-38-41-44-47-50-53-59(68)75-56-58(77-60(69)54-51-48-45-42-40-37-34-31-28-26-23-20-17-14-11-8-5-2)57-76-67-65(63(72)62(71)64(79-67)66(73)74)78-61(70)55-52-49-46-43-39-35-24-21-18-15-12-9-6-3/h7-12,16-21,25-28,30,32,34-35,37,39,42,45-46,49,58,62-65,67,71-72H,4-6,13-15,22-24,29,31,33,36,38,40-41,43-44,47-48,50-57H2,1-3H3,(H,73,74)/b10-7-,11-8-,12-9-,19-16-,20-17-,21-18-,27-25-,28-26-,32-30-,37-34-,39-35-,45-42-,49-46-. The second kappa shape index (κ2) is 53.0. The highest BCUT2D eigenvalue weighted by Gasteiger charge is 2.50. The third-order valence-corrected chi connectivity index (χ3v) is 12.1. The predicted molar refractivity (Wildman–Crippen MR) is 321 cm³/mol. The highest BCUT2D eigenvalue weighted by Crippen LogP contribution is 2.26. The number of carbonyl (C=O) groups excluding carboxylic acids is 3. The maximum absolute atomic E-state index is 13.1. The van der Waals surface area contributed by atoms with Crippen molar-refractivity contribution in [2.24, 2.45) is 0 Å². The Balaban J connectivity index is 2.78. The molecule has 0 saturated carbocycles. The van der Waals surface area contributed by atoms with Crippen molar-refractivity contribution in [3.63, 3.8) is 0 Å². The summed E-state index contributed by atoms with van der Waals surface area (Å²) in [5.74, 6) is -3.36. The molecule has 0 aliphatic carbocycles. The van der Waals surface area contributed by atoms with Crippen LogP contribution in [0.5, 0.6) is 0 Å². The van der Waals surface area contributed by atoms with Gasteiger partial charge in [0.15, 0.2) is 24.6 Å². The fraction of sp³-hybridized carbons (Fsp3) is 0.552. The molecular weight excluding hydrogens is 997 g/mol. The zero-order chi connectivity index (χ0) is 57.5. The van der Waals surface area contributed by atoms with E-state index in [1.165, 1.54) is 0 Å². The van der Waals surface area contributed by atoms with Crippen molar-refractivity contribution in [3.05, 3.63) is 158 Å². The molecule has 12 nitrogen and oxygen atoms in total. The number of rotatable bonds is 47. The van der Waals surface area contributed by atoms with Crippen molar-refractivity contribution in [1.82, 2.24) is 0 Å². The summed E-state index contributed by atoms with van der Waals surface area (Å²) in [6, 6.07) is 0. The summed E-state index contributed by atoms with van der Waals surface area (Å²) < 4.78 is 28.2. The zero-order valence-corrected chi connectivity index (χ0v) is 48.3. The van der Waals surface area contributed by atoms with Gasteiger partial charge in [0.05, 0.1) is 6.61 Å². The Kier molecular flexibility index (Phi) is 47.9. The fourth-order valence-corrected chi connectivity index (χ4v) is 7.70.